The van der Waals surface area contributed by atoms with Gasteiger partial charge in [-0.25, -0.2) is 13.4 Å². The van der Waals surface area contributed by atoms with Crippen LogP contribution in [0.15, 0.2) is 17.0 Å². The van der Waals surface area contributed by atoms with E-state index >= 15 is 0 Å². The molecule has 0 saturated carbocycles. The van der Waals surface area contributed by atoms with Gasteiger partial charge in [-0.05, 0) is 17.5 Å². The quantitative estimate of drug-likeness (QED) is 0.651. The summed E-state index contributed by atoms with van der Waals surface area (Å²) in [6, 6.07) is 2.10. The zero-order valence-corrected chi connectivity index (χ0v) is 12.8. The van der Waals surface area contributed by atoms with Crippen molar-refractivity contribution in [3.05, 3.63) is 23.2 Å². The molecular formula is C11H15ClFN3O3S. The van der Waals surface area contributed by atoms with Crippen LogP contribution < -0.4 is 10.3 Å². The molecule has 0 fully saturated rings. The van der Waals surface area contributed by atoms with Gasteiger partial charge in [-0.15, -0.1) is 4.83 Å². The molecule has 0 aromatic carbocycles. The van der Waals surface area contributed by atoms with Crippen LogP contribution in [0.4, 0.5) is 4.39 Å². The number of carbonyl (C=O) groups excluding carboxylic acids is 1. The maximum Gasteiger partial charge on any atom is 0.261 e. The Morgan fingerprint density at radius 1 is 1.40 bits per heavy atom. The van der Waals surface area contributed by atoms with E-state index in [1.165, 1.54) is 0 Å². The van der Waals surface area contributed by atoms with E-state index in [9.17, 15) is 17.6 Å². The van der Waals surface area contributed by atoms with Gasteiger partial charge in [0, 0.05) is 6.42 Å². The molecule has 0 aliphatic carbocycles. The van der Waals surface area contributed by atoms with Gasteiger partial charge in [0.05, 0.1) is 0 Å². The van der Waals surface area contributed by atoms with Crippen LogP contribution in [0.5, 0.6) is 0 Å². The SMILES string of the molecule is CC(C)(C)CC(=O)NNS(=O)(=O)c1ccc(Cl)nc1F. The molecule has 1 aromatic rings. The van der Waals surface area contributed by atoms with Crippen LogP contribution in [0.1, 0.15) is 27.2 Å². The molecule has 112 valence electrons. The third-order valence-electron chi connectivity index (χ3n) is 2.09. The van der Waals surface area contributed by atoms with Gasteiger partial charge >= 0.3 is 0 Å². The van der Waals surface area contributed by atoms with Crippen molar-refractivity contribution < 1.29 is 17.6 Å². The van der Waals surface area contributed by atoms with E-state index in [0.29, 0.717) is 0 Å². The smallest absolute Gasteiger partial charge is 0.261 e. The molecule has 1 heterocycles. The average Bonchev–Trinajstić information content (AvgIpc) is 2.23. The molecule has 0 radical (unpaired) electrons. The Morgan fingerprint density at radius 2 is 2.00 bits per heavy atom. The molecule has 0 bridgehead atoms. The topological polar surface area (TPSA) is 88.2 Å². The lowest BCUT2D eigenvalue weighted by Gasteiger charge is -2.17. The largest absolute Gasteiger partial charge is 0.278 e. The van der Waals surface area contributed by atoms with Gasteiger partial charge in [-0.3, -0.25) is 10.2 Å². The minimum absolute atomic E-state index is 0.108. The van der Waals surface area contributed by atoms with Crippen LogP contribution in [0.3, 0.4) is 0 Å². The zero-order chi connectivity index (χ0) is 15.6. The number of hydrogen-bond donors (Lipinski definition) is 2. The second kappa shape index (κ2) is 6.02. The molecule has 0 saturated heterocycles. The number of amides is 1. The summed E-state index contributed by atoms with van der Waals surface area (Å²) >= 11 is 5.43. The summed E-state index contributed by atoms with van der Waals surface area (Å²) in [6.07, 6.45) is 0.108. The Hall–Kier alpha value is -1.25. The molecule has 0 atom stereocenters. The van der Waals surface area contributed by atoms with Crippen molar-refractivity contribution in [1.29, 1.82) is 0 Å². The number of sulfonamides is 1. The first-order chi connectivity index (χ1) is 9.01. The Balaban J connectivity index is 2.78. The normalized spacial score (nSPS) is 12.2. The molecule has 1 aromatic heterocycles. The molecule has 0 unspecified atom stereocenters. The van der Waals surface area contributed by atoms with Gasteiger partial charge in [0.15, 0.2) is 0 Å². The van der Waals surface area contributed by atoms with E-state index in [1.54, 1.807) is 0 Å². The molecule has 1 rings (SSSR count). The van der Waals surface area contributed by atoms with E-state index in [4.69, 9.17) is 11.6 Å². The fraction of sp³-hybridized carbons (Fsp3) is 0.455. The number of hydrazine groups is 1. The van der Waals surface area contributed by atoms with E-state index in [1.807, 2.05) is 31.0 Å². The summed E-state index contributed by atoms with van der Waals surface area (Å²) in [6.45, 7) is 5.47. The lowest BCUT2D eigenvalue weighted by atomic mass is 9.92. The van der Waals surface area contributed by atoms with Gasteiger partial charge in [0.2, 0.25) is 11.9 Å². The van der Waals surface area contributed by atoms with Gasteiger partial charge in [0.25, 0.3) is 10.0 Å². The first kappa shape index (κ1) is 16.8. The lowest BCUT2D eigenvalue weighted by Crippen LogP contribution is -2.43. The zero-order valence-electron chi connectivity index (χ0n) is 11.2. The number of halogens is 2. The predicted octanol–water partition coefficient (Wildman–Crippen LogP) is 1.62. The number of hydrogen-bond acceptors (Lipinski definition) is 4. The van der Waals surface area contributed by atoms with Crippen LogP contribution in [0.25, 0.3) is 0 Å². The highest BCUT2D eigenvalue weighted by Crippen LogP contribution is 2.18. The predicted molar refractivity (Wildman–Crippen MR) is 71.7 cm³/mol. The molecule has 0 aliphatic rings. The molecular weight excluding hydrogens is 309 g/mol. The Bertz CT molecular complexity index is 614. The number of aromatic nitrogens is 1. The van der Waals surface area contributed by atoms with Gasteiger partial charge < -0.3 is 0 Å². The summed E-state index contributed by atoms with van der Waals surface area (Å²) in [5, 5.41) is -0.168. The Labute approximate surface area is 121 Å². The van der Waals surface area contributed by atoms with Crippen molar-refractivity contribution in [1.82, 2.24) is 15.2 Å². The summed E-state index contributed by atoms with van der Waals surface area (Å²) in [5.74, 6) is -1.77. The van der Waals surface area contributed by atoms with Crippen molar-refractivity contribution in [2.24, 2.45) is 5.41 Å². The highest BCUT2D eigenvalue weighted by Gasteiger charge is 2.22. The van der Waals surface area contributed by atoms with Crippen LogP contribution in [-0.2, 0) is 14.8 Å². The van der Waals surface area contributed by atoms with Crippen molar-refractivity contribution >= 4 is 27.5 Å². The molecule has 0 spiro atoms. The van der Waals surface area contributed by atoms with Gasteiger partial charge in [-0.1, -0.05) is 32.4 Å². The third kappa shape index (κ3) is 5.03. The molecule has 6 nitrogen and oxygen atoms in total. The summed E-state index contributed by atoms with van der Waals surface area (Å²) in [5.41, 5.74) is 1.71. The first-order valence-electron chi connectivity index (χ1n) is 5.64. The number of carbonyl (C=O) groups is 1. The minimum Gasteiger partial charge on any atom is -0.278 e. The van der Waals surface area contributed by atoms with Crippen LogP contribution in [0, 0.1) is 11.4 Å². The fourth-order valence-electron chi connectivity index (χ4n) is 1.30. The molecule has 2 N–H and O–H groups in total. The minimum atomic E-state index is -4.24. The van der Waals surface area contributed by atoms with Gasteiger partial charge in [0.1, 0.15) is 10.0 Å². The number of rotatable bonds is 4. The molecule has 1 amide bonds. The Morgan fingerprint density at radius 3 is 2.50 bits per heavy atom. The summed E-state index contributed by atoms with van der Waals surface area (Å²) in [4.78, 5) is 15.8. The van der Waals surface area contributed by atoms with E-state index in [-0.39, 0.29) is 17.0 Å². The van der Waals surface area contributed by atoms with E-state index in [0.717, 1.165) is 12.1 Å². The average molecular weight is 324 g/mol. The van der Waals surface area contributed by atoms with Crippen molar-refractivity contribution in [2.75, 3.05) is 0 Å². The highest BCUT2D eigenvalue weighted by atomic mass is 35.5. The highest BCUT2D eigenvalue weighted by molar-refractivity contribution is 7.89. The van der Waals surface area contributed by atoms with Gasteiger partial charge in [-0.2, -0.15) is 4.39 Å². The molecule has 20 heavy (non-hydrogen) atoms. The summed E-state index contributed by atoms with van der Waals surface area (Å²) in [7, 11) is -4.24. The second-order valence-corrected chi connectivity index (χ2v) is 7.35. The van der Waals surface area contributed by atoms with Crippen molar-refractivity contribution in [3.8, 4) is 0 Å². The third-order valence-corrected chi connectivity index (χ3v) is 3.55. The number of nitrogens with zero attached hydrogens (tertiary/aromatic N) is 1. The van der Waals surface area contributed by atoms with E-state index < -0.39 is 26.8 Å². The van der Waals surface area contributed by atoms with Crippen LogP contribution in [0.2, 0.25) is 5.15 Å². The number of nitrogens with one attached hydrogen (secondary N) is 2. The lowest BCUT2D eigenvalue weighted by molar-refractivity contribution is -0.123. The maximum absolute atomic E-state index is 13.4. The molecule has 9 heteroatoms. The standard InChI is InChI=1S/C11H15ClFN3O3S/c1-11(2,3)6-9(17)15-16-20(18,19)7-4-5-8(12)14-10(7)13/h4-5,16H,6H2,1-3H3,(H,15,17). The Kier molecular flexibility index (Phi) is 5.06. The fourth-order valence-corrected chi connectivity index (χ4v) is 2.31. The maximum atomic E-state index is 13.4. The first-order valence-corrected chi connectivity index (χ1v) is 7.50. The summed E-state index contributed by atoms with van der Waals surface area (Å²) < 4.78 is 37.0. The number of pyridine rings is 1. The van der Waals surface area contributed by atoms with E-state index in [2.05, 4.69) is 4.98 Å². The monoisotopic (exact) mass is 323 g/mol. The second-order valence-electron chi connectivity index (χ2n) is 5.31. The van der Waals surface area contributed by atoms with Crippen LogP contribution >= 0.6 is 11.6 Å². The van der Waals surface area contributed by atoms with Crippen LogP contribution in [-0.4, -0.2) is 19.3 Å². The molecule has 0 aliphatic heterocycles. The van der Waals surface area contributed by atoms with Crippen molar-refractivity contribution in [3.63, 3.8) is 0 Å². The van der Waals surface area contributed by atoms with Crippen molar-refractivity contribution in [2.45, 2.75) is 32.1 Å².